The summed E-state index contributed by atoms with van der Waals surface area (Å²) in [4.78, 5) is 32.9. The van der Waals surface area contributed by atoms with Crippen LogP contribution in [0.3, 0.4) is 0 Å². The molecule has 2 fully saturated rings. The number of morpholine rings is 1. The molecule has 4 heterocycles. The zero-order valence-electron chi connectivity index (χ0n) is 23.9. The largest absolute Gasteiger partial charge is 0.493 e. The number of hydrogen-bond donors (Lipinski definition) is 1. The molecule has 42 heavy (non-hydrogen) atoms. The first-order valence-corrected chi connectivity index (χ1v) is 15.1. The van der Waals surface area contributed by atoms with Crippen molar-refractivity contribution in [3.05, 3.63) is 51.3 Å². The number of pyridine rings is 1. The third-order valence-electron chi connectivity index (χ3n) is 8.90. The van der Waals surface area contributed by atoms with Gasteiger partial charge in [-0.2, -0.15) is 0 Å². The molecule has 1 N–H and O–H groups in total. The van der Waals surface area contributed by atoms with Crippen molar-refractivity contribution in [3.63, 3.8) is 0 Å². The lowest BCUT2D eigenvalue weighted by Gasteiger charge is -2.26. The molecule has 0 radical (unpaired) electrons. The van der Waals surface area contributed by atoms with Crippen LogP contribution in [0.4, 0.5) is 0 Å². The number of hydrogen-bond acceptors (Lipinski definition) is 9. The molecule has 0 spiro atoms. The van der Waals surface area contributed by atoms with Crippen molar-refractivity contribution in [2.75, 3.05) is 65.9 Å². The Morgan fingerprint density at radius 3 is 2.29 bits per heavy atom. The average Bonchev–Trinajstić information content (AvgIpc) is 3.76. The fraction of sp³-hybridized carbons (Fsp3) is 0.500. The van der Waals surface area contributed by atoms with Gasteiger partial charge in [0.05, 0.1) is 37.7 Å². The molecule has 0 bridgehead atoms. The predicted molar refractivity (Wildman–Crippen MR) is 157 cm³/mol. The number of nitrogens with zero attached hydrogens (tertiary/aromatic N) is 3. The van der Waals surface area contributed by atoms with Crippen LogP contribution in [0.2, 0.25) is 0 Å². The number of ketones is 1. The standard InChI is InChI=1S/C32H37N3O7/c36-19-21-15-25-22(16-26(21)40-12-4-8-33-5-1-2-6-33)29-30(23-17-27-28(42-20-41-27)18-24(23)31(29)37)35(32(25)38)9-3-7-34-10-13-39-14-11-34/h15-18,36H,1-14,19-20H2. The molecule has 3 aliphatic heterocycles. The second-order valence-corrected chi connectivity index (χ2v) is 11.5. The lowest BCUT2D eigenvalue weighted by molar-refractivity contribution is 0.0369. The Labute approximate surface area is 244 Å². The Morgan fingerprint density at radius 2 is 1.52 bits per heavy atom. The lowest BCUT2D eigenvalue weighted by atomic mass is 10.00. The first-order valence-electron chi connectivity index (χ1n) is 15.1. The first-order chi connectivity index (χ1) is 20.6. The molecule has 2 aromatic carbocycles. The summed E-state index contributed by atoms with van der Waals surface area (Å²) in [5.74, 6) is 1.46. The molecule has 4 aliphatic rings. The third-order valence-corrected chi connectivity index (χ3v) is 8.90. The first kappa shape index (κ1) is 27.4. The van der Waals surface area contributed by atoms with Crippen LogP contribution in [-0.2, 0) is 17.9 Å². The van der Waals surface area contributed by atoms with E-state index in [4.69, 9.17) is 18.9 Å². The van der Waals surface area contributed by atoms with Crippen molar-refractivity contribution >= 4 is 16.6 Å². The van der Waals surface area contributed by atoms with Crippen LogP contribution in [0.15, 0.2) is 29.1 Å². The van der Waals surface area contributed by atoms with Crippen LogP contribution < -0.4 is 19.8 Å². The minimum absolute atomic E-state index is 0.103. The third kappa shape index (κ3) is 4.96. The summed E-state index contributed by atoms with van der Waals surface area (Å²) in [7, 11) is 0. The topological polar surface area (TPSA) is 103 Å². The van der Waals surface area contributed by atoms with E-state index in [-0.39, 0.29) is 24.7 Å². The number of likely N-dealkylation sites (tertiary alicyclic amines) is 1. The maximum absolute atomic E-state index is 14.1. The molecule has 0 unspecified atom stereocenters. The van der Waals surface area contributed by atoms with Gasteiger partial charge in [0.2, 0.25) is 6.79 Å². The number of rotatable bonds is 10. The lowest BCUT2D eigenvalue weighted by Crippen LogP contribution is -2.37. The Bertz CT molecular complexity index is 1570. The van der Waals surface area contributed by atoms with Crippen LogP contribution in [0, 0.1) is 0 Å². The summed E-state index contributed by atoms with van der Waals surface area (Å²) in [6, 6.07) is 7.03. The van der Waals surface area contributed by atoms with Crippen LogP contribution in [0.5, 0.6) is 17.2 Å². The van der Waals surface area contributed by atoms with E-state index < -0.39 is 0 Å². The molecule has 1 aliphatic carbocycles. The molecule has 7 rings (SSSR count). The molecule has 10 heteroatoms. The zero-order chi connectivity index (χ0) is 28.6. The Balaban J connectivity index is 1.27. The smallest absolute Gasteiger partial charge is 0.258 e. The molecule has 2 saturated heterocycles. The molecule has 0 amide bonds. The van der Waals surface area contributed by atoms with Gasteiger partial charge >= 0.3 is 0 Å². The van der Waals surface area contributed by atoms with Gasteiger partial charge in [0.25, 0.3) is 5.56 Å². The molecule has 0 atom stereocenters. The van der Waals surface area contributed by atoms with Gasteiger partial charge in [-0.05, 0) is 63.0 Å². The Morgan fingerprint density at radius 1 is 0.810 bits per heavy atom. The average molecular weight is 576 g/mol. The maximum atomic E-state index is 14.1. The van der Waals surface area contributed by atoms with Crippen molar-refractivity contribution in [2.24, 2.45) is 0 Å². The summed E-state index contributed by atoms with van der Waals surface area (Å²) in [6.45, 7) is 8.02. The summed E-state index contributed by atoms with van der Waals surface area (Å²) in [5, 5.41) is 11.2. The van der Waals surface area contributed by atoms with E-state index in [0.717, 1.165) is 52.1 Å². The van der Waals surface area contributed by atoms with Gasteiger partial charge < -0.3 is 33.5 Å². The van der Waals surface area contributed by atoms with Crippen molar-refractivity contribution in [2.45, 2.75) is 38.8 Å². The minimum Gasteiger partial charge on any atom is -0.493 e. The van der Waals surface area contributed by atoms with Gasteiger partial charge in [-0.15, -0.1) is 0 Å². The van der Waals surface area contributed by atoms with Gasteiger partial charge in [-0.25, -0.2) is 0 Å². The molecular formula is C32H37N3O7. The minimum atomic E-state index is -0.263. The normalized spacial score (nSPS) is 18.2. The second-order valence-electron chi connectivity index (χ2n) is 11.5. The quantitative estimate of drug-likeness (QED) is 0.286. The highest BCUT2D eigenvalue weighted by atomic mass is 16.7. The summed E-state index contributed by atoms with van der Waals surface area (Å²) < 4.78 is 24.6. The molecule has 0 saturated carbocycles. The molecule has 10 nitrogen and oxygen atoms in total. The molecule has 3 aromatic rings. The van der Waals surface area contributed by atoms with Gasteiger partial charge in [-0.3, -0.25) is 14.5 Å². The number of carbonyl (C=O) groups excluding carboxylic acids is 1. The van der Waals surface area contributed by atoms with E-state index in [2.05, 4.69) is 9.80 Å². The van der Waals surface area contributed by atoms with E-state index in [1.54, 1.807) is 22.8 Å². The van der Waals surface area contributed by atoms with Crippen molar-refractivity contribution in [1.29, 1.82) is 0 Å². The number of aliphatic hydroxyl groups excluding tert-OH is 1. The molecule has 1 aromatic heterocycles. The summed E-state index contributed by atoms with van der Waals surface area (Å²) >= 11 is 0. The van der Waals surface area contributed by atoms with Gasteiger partial charge in [0, 0.05) is 60.2 Å². The highest BCUT2D eigenvalue weighted by Gasteiger charge is 2.35. The number of benzene rings is 2. The molecular weight excluding hydrogens is 538 g/mol. The maximum Gasteiger partial charge on any atom is 0.258 e. The van der Waals surface area contributed by atoms with E-state index in [9.17, 15) is 14.7 Å². The van der Waals surface area contributed by atoms with E-state index >= 15 is 0 Å². The number of ether oxygens (including phenoxy) is 4. The fourth-order valence-corrected chi connectivity index (χ4v) is 6.71. The van der Waals surface area contributed by atoms with Gasteiger partial charge in [0.15, 0.2) is 17.3 Å². The van der Waals surface area contributed by atoms with Gasteiger partial charge in [-0.1, -0.05) is 0 Å². The van der Waals surface area contributed by atoms with E-state index in [1.807, 2.05) is 6.07 Å². The van der Waals surface area contributed by atoms with Crippen LogP contribution >= 0.6 is 0 Å². The zero-order valence-corrected chi connectivity index (χ0v) is 23.9. The summed E-state index contributed by atoms with van der Waals surface area (Å²) in [5.41, 5.74) is 2.65. The Hall–Kier alpha value is -3.44. The highest BCUT2D eigenvalue weighted by molar-refractivity contribution is 6.27. The van der Waals surface area contributed by atoms with Crippen molar-refractivity contribution in [3.8, 4) is 28.5 Å². The number of aromatic nitrogens is 1. The SMILES string of the molecule is O=C1c2cc3c(cc2-c2c1c1cc(OCCCN4CCCC4)c(CO)cc1c(=O)n2CCCN1CCOCC1)OCO3. The van der Waals surface area contributed by atoms with Crippen LogP contribution in [0.1, 0.15) is 47.2 Å². The van der Waals surface area contributed by atoms with Crippen LogP contribution in [-0.4, -0.2) is 91.1 Å². The monoisotopic (exact) mass is 575 g/mol. The summed E-state index contributed by atoms with van der Waals surface area (Å²) in [6.07, 6.45) is 4.10. The number of carbonyl (C=O) groups is 1. The Kier molecular flexibility index (Phi) is 7.62. The fourth-order valence-electron chi connectivity index (χ4n) is 6.71. The predicted octanol–water partition coefficient (Wildman–Crippen LogP) is 3.02. The van der Waals surface area contributed by atoms with Crippen molar-refractivity contribution in [1.82, 2.24) is 14.4 Å². The van der Waals surface area contributed by atoms with Crippen LogP contribution in [0.25, 0.3) is 22.0 Å². The number of fused-ring (bicyclic) bond motifs is 6. The van der Waals surface area contributed by atoms with Gasteiger partial charge in [0.1, 0.15) is 5.75 Å². The van der Waals surface area contributed by atoms with E-state index in [0.29, 0.717) is 82.3 Å². The van der Waals surface area contributed by atoms with E-state index in [1.165, 1.54) is 12.8 Å². The number of aliphatic hydroxyl groups is 1. The highest BCUT2D eigenvalue weighted by Crippen LogP contribution is 2.46. The van der Waals surface area contributed by atoms with Crippen molar-refractivity contribution < 1.29 is 28.8 Å². The second kappa shape index (κ2) is 11.7. The molecule has 222 valence electrons.